The van der Waals surface area contributed by atoms with Crippen molar-refractivity contribution in [3.8, 4) is 6.07 Å². The van der Waals surface area contributed by atoms with Gasteiger partial charge in [0.25, 0.3) is 0 Å². The lowest BCUT2D eigenvalue weighted by Gasteiger charge is -2.34. The van der Waals surface area contributed by atoms with Crippen LogP contribution in [0, 0.1) is 17.2 Å². The van der Waals surface area contributed by atoms with Crippen molar-refractivity contribution in [1.29, 1.82) is 5.26 Å². The van der Waals surface area contributed by atoms with Crippen LogP contribution >= 0.6 is 0 Å². The standard InChI is InChI=1S/C17H33N3/c1-5-12-19-17(3,14-18)11-6-13-20(4)16-9-7-15(2)8-10-16/h15-16,19H,5-13H2,1-4H3. The Morgan fingerprint density at radius 1 is 1.30 bits per heavy atom. The summed E-state index contributed by atoms with van der Waals surface area (Å²) in [5.41, 5.74) is -0.349. The minimum Gasteiger partial charge on any atom is -0.303 e. The van der Waals surface area contributed by atoms with Crippen molar-refractivity contribution in [1.82, 2.24) is 10.2 Å². The molecule has 0 bridgehead atoms. The van der Waals surface area contributed by atoms with Crippen molar-refractivity contribution in [3.05, 3.63) is 0 Å². The summed E-state index contributed by atoms with van der Waals surface area (Å²) in [6.45, 7) is 8.59. The molecule has 0 amide bonds. The van der Waals surface area contributed by atoms with Gasteiger partial charge in [-0.25, -0.2) is 0 Å². The summed E-state index contributed by atoms with van der Waals surface area (Å²) in [5.74, 6) is 0.916. The van der Waals surface area contributed by atoms with E-state index in [1.807, 2.05) is 6.92 Å². The molecule has 3 nitrogen and oxygen atoms in total. The fourth-order valence-electron chi connectivity index (χ4n) is 3.13. The van der Waals surface area contributed by atoms with E-state index in [-0.39, 0.29) is 5.54 Å². The van der Waals surface area contributed by atoms with Crippen LogP contribution in [0.5, 0.6) is 0 Å². The molecule has 0 aromatic carbocycles. The van der Waals surface area contributed by atoms with Gasteiger partial charge in [-0.15, -0.1) is 0 Å². The zero-order valence-corrected chi connectivity index (χ0v) is 13.9. The van der Waals surface area contributed by atoms with Gasteiger partial charge in [0.15, 0.2) is 0 Å². The highest BCUT2D eigenvalue weighted by Gasteiger charge is 2.24. The molecule has 1 unspecified atom stereocenters. The molecule has 0 radical (unpaired) electrons. The van der Waals surface area contributed by atoms with Crippen molar-refractivity contribution in [2.75, 3.05) is 20.1 Å². The summed E-state index contributed by atoms with van der Waals surface area (Å²) in [7, 11) is 2.25. The van der Waals surface area contributed by atoms with Crippen molar-refractivity contribution < 1.29 is 0 Å². The predicted molar refractivity (Wildman–Crippen MR) is 85.6 cm³/mol. The van der Waals surface area contributed by atoms with Crippen LogP contribution in [0.4, 0.5) is 0 Å². The molecule has 1 saturated carbocycles. The molecule has 1 atom stereocenters. The summed E-state index contributed by atoms with van der Waals surface area (Å²) < 4.78 is 0. The summed E-state index contributed by atoms with van der Waals surface area (Å²) >= 11 is 0. The minimum atomic E-state index is -0.349. The van der Waals surface area contributed by atoms with E-state index in [2.05, 4.69) is 37.2 Å². The van der Waals surface area contributed by atoms with E-state index >= 15 is 0 Å². The van der Waals surface area contributed by atoms with Crippen LogP contribution in [-0.4, -0.2) is 36.6 Å². The smallest absolute Gasteiger partial charge is 0.103 e. The van der Waals surface area contributed by atoms with Crippen LogP contribution in [0.15, 0.2) is 0 Å². The number of nitriles is 1. The summed E-state index contributed by atoms with van der Waals surface area (Å²) in [6.07, 6.45) is 8.58. The third-order valence-corrected chi connectivity index (χ3v) is 4.81. The Hall–Kier alpha value is -0.590. The Kier molecular flexibility index (Phi) is 7.55. The third-order valence-electron chi connectivity index (χ3n) is 4.81. The van der Waals surface area contributed by atoms with Gasteiger partial charge in [-0.05, 0) is 77.9 Å². The lowest BCUT2D eigenvalue weighted by molar-refractivity contribution is 0.165. The number of hydrogen-bond acceptors (Lipinski definition) is 3. The summed E-state index contributed by atoms with van der Waals surface area (Å²) in [6, 6.07) is 3.21. The number of hydrogen-bond donors (Lipinski definition) is 1. The van der Waals surface area contributed by atoms with E-state index in [1.165, 1.54) is 25.7 Å². The van der Waals surface area contributed by atoms with Crippen molar-refractivity contribution in [2.45, 2.75) is 77.3 Å². The largest absolute Gasteiger partial charge is 0.303 e. The molecule has 0 aromatic heterocycles. The molecule has 1 N–H and O–H groups in total. The fourth-order valence-corrected chi connectivity index (χ4v) is 3.13. The molecule has 1 fully saturated rings. The highest BCUT2D eigenvalue weighted by atomic mass is 15.1. The Morgan fingerprint density at radius 3 is 2.50 bits per heavy atom. The van der Waals surface area contributed by atoms with Crippen molar-refractivity contribution >= 4 is 0 Å². The van der Waals surface area contributed by atoms with Crippen molar-refractivity contribution in [2.24, 2.45) is 5.92 Å². The topological polar surface area (TPSA) is 39.1 Å². The molecule has 20 heavy (non-hydrogen) atoms. The fraction of sp³-hybridized carbons (Fsp3) is 0.941. The molecular formula is C17H33N3. The molecule has 0 aromatic rings. The molecule has 1 rings (SSSR count). The second kappa shape index (κ2) is 8.64. The molecule has 116 valence electrons. The van der Waals surface area contributed by atoms with Crippen LogP contribution in [0.25, 0.3) is 0 Å². The number of nitrogens with zero attached hydrogens (tertiary/aromatic N) is 2. The van der Waals surface area contributed by atoms with E-state index in [1.54, 1.807) is 0 Å². The third kappa shape index (κ3) is 5.81. The molecule has 3 heteroatoms. The van der Waals surface area contributed by atoms with Crippen LogP contribution in [0.2, 0.25) is 0 Å². The van der Waals surface area contributed by atoms with Gasteiger partial charge in [-0.3, -0.25) is 5.32 Å². The monoisotopic (exact) mass is 279 g/mol. The highest BCUT2D eigenvalue weighted by Crippen LogP contribution is 2.26. The molecule has 1 aliphatic carbocycles. The number of nitrogens with one attached hydrogen (secondary N) is 1. The van der Waals surface area contributed by atoms with E-state index in [0.717, 1.165) is 44.3 Å². The maximum Gasteiger partial charge on any atom is 0.103 e. The van der Waals surface area contributed by atoms with Crippen LogP contribution in [0.3, 0.4) is 0 Å². The Bertz CT molecular complexity index is 302. The highest BCUT2D eigenvalue weighted by molar-refractivity contribution is 5.03. The molecule has 0 heterocycles. The predicted octanol–water partition coefficient (Wildman–Crippen LogP) is 3.56. The van der Waals surface area contributed by atoms with Gasteiger partial charge >= 0.3 is 0 Å². The van der Waals surface area contributed by atoms with Gasteiger partial charge in [0.05, 0.1) is 6.07 Å². The maximum atomic E-state index is 9.33. The molecule has 1 aliphatic rings. The van der Waals surface area contributed by atoms with Crippen molar-refractivity contribution in [3.63, 3.8) is 0 Å². The zero-order chi connectivity index (χ0) is 15.0. The average Bonchev–Trinajstić information content (AvgIpc) is 2.45. The zero-order valence-electron chi connectivity index (χ0n) is 13.9. The van der Waals surface area contributed by atoms with E-state index in [0.29, 0.717) is 0 Å². The van der Waals surface area contributed by atoms with Crippen LogP contribution < -0.4 is 5.32 Å². The quantitative estimate of drug-likeness (QED) is 0.738. The Morgan fingerprint density at radius 2 is 1.95 bits per heavy atom. The van der Waals surface area contributed by atoms with Crippen LogP contribution in [-0.2, 0) is 0 Å². The van der Waals surface area contributed by atoms with Gasteiger partial charge in [0, 0.05) is 6.04 Å². The Balaban J connectivity index is 2.26. The van der Waals surface area contributed by atoms with E-state index < -0.39 is 0 Å². The summed E-state index contributed by atoms with van der Waals surface area (Å²) in [5, 5.41) is 12.7. The lowest BCUT2D eigenvalue weighted by Crippen LogP contribution is -2.42. The van der Waals surface area contributed by atoms with Gasteiger partial charge in [0.2, 0.25) is 0 Å². The Labute approximate surface area is 125 Å². The molecule has 0 aliphatic heterocycles. The minimum absolute atomic E-state index is 0.349. The number of rotatable bonds is 8. The lowest BCUT2D eigenvalue weighted by atomic mass is 9.86. The van der Waals surface area contributed by atoms with Gasteiger partial charge in [0.1, 0.15) is 5.54 Å². The van der Waals surface area contributed by atoms with Gasteiger partial charge in [-0.2, -0.15) is 5.26 Å². The maximum absolute atomic E-state index is 9.33. The second-order valence-electron chi connectivity index (χ2n) is 6.87. The van der Waals surface area contributed by atoms with Gasteiger partial charge < -0.3 is 4.90 Å². The summed E-state index contributed by atoms with van der Waals surface area (Å²) in [4.78, 5) is 2.52. The van der Waals surface area contributed by atoms with Crippen LogP contribution in [0.1, 0.15) is 65.7 Å². The van der Waals surface area contributed by atoms with Gasteiger partial charge in [-0.1, -0.05) is 13.8 Å². The molecule has 0 spiro atoms. The first kappa shape index (κ1) is 17.5. The SMILES string of the molecule is CCCNC(C)(C#N)CCCN(C)C1CCC(C)CC1. The van der Waals surface area contributed by atoms with E-state index in [4.69, 9.17) is 0 Å². The first-order valence-corrected chi connectivity index (χ1v) is 8.37. The average molecular weight is 279 g/mol. The molecule has 0 saturated heterocycles. The molecular weight excluding hydrogens is 246 g/mol. The first-order valence-electron chi connectivity index (χ1n) is 8.37. The second-order valence-corrected chi connectivity index (χ2v) is 6.87. The van der Waals surface area contributed by atoms with E-state index in [9.17, 15) is 5.26 Å². The normalized spacial score (nSPS) is 26.2. The first-order chi connectivity index (χ1) is 9.50.